The number of fused-ring (bicyclic) bond motifs is 1. The minimum absolute atomic E-state index is 0.311. The van der Waals surface area contributed by atoms with Crippen molar-refractivity contribution in [2.24, 2.45) is 4.99 Å². The van der Waals surface area contributed by atoms with E-state index in [-0.39, 0.29) is 5.83 Å². The number of amidine groups is 1. The summed E-state index contributed by atoms with van der Waals surface area (Å²) in [4.78, 5) is 5.68. The predicted molar refractivity (Wildman–Crippen MR) is 55.3 cm³/mol. The molecular weight excluding hydrogens is 203 g/mol. The summed E-state index contributed by atoms with van der Waals surface area (Å²) in [6.45, 7) is 5.54. The number of rotatable bonds is 0. The summed E-state index contributed by atoms with van der Waals surface area (Å²) in [5, 5.41) is 0.365. The van der Waals surface area contributed by atoms with Crippen LogP contribution < -0.4 is 0 Å². The maximum atomic E-state index is 13.1. The van der Waals surface area contributed by atoms with Crippen LogP contribution in [0.2, 0.25) is 0 Å². The van der Waals surface area contributed by atoms with Crippen LogP contribution in [0.3, 0.4) is 0 Å². The van der Waals surface area contributed by atoms with Crippen LogP contribution in [0.25, 0.3) is 0 Å². The fraction of sp³-hybridized carbons (Fsp3) is 0.100. The van der Waals surface area contributed by atoms with Gasteiger partial charge in [-0.1, -0.05) is 18.2 Å². The summed E-state index contributed by atoms with van der Waals surface area (Å²) in [5.41, 5.74) is 1.35. The molecule has 0 N–H and O–H groups in total. The summed E-state index contributed by atoms with van der Waals surface area (Å²) < 4.78 is 13.1. The summed E-state index contributed by atoms with van der Waals surface area (Å²) in [6.07, 6.45) is 4.35. The molecule has 14 heavy (non-hydrogen) atoms. The molecule has 0 fully saturated rings. The molecule has 0 unspecified atom stereocenters. The summed E-state index contributed by atoms with van der Waals surface area (Å²) >= 11 is 5.78. The Morgan fingerprint density at radius 3 is 2.93 bits per heavy atom. The van der Waals surface area contributed by atoms with E-state index < -0.39 is 0 Å². The van der Waals surface area contributed by atoms with Crippen LogP contribution in [0, 0.1) is 0 Å². The van der Waals surface area contributed by atoms with E-state index in [9.17, 15) is 4.39 Å². The predicted octanol–water partition coefficient (Wildman–Crippen LogP) is 3.07. The van der Waals surface area contributed by atoms with E-state index in [4.69, 9.17) is 11.6 Å². The fourth-order valence-electron chi connectivity index (χ4n) is 1.38. The van der Waals surface area contributed by atoms with Gasteiger partial charge < -0.3 is 0 Å². The molecule has 0 spiro atoms. The van der Waals surface area contributed by atoms with Gasteiger partial charge in [0.25, 0.3) is 0 Å². The lowest BCUT2D eigenvalue weighted by molar-refractivity contribution is 0.600. The number of allylic oxidation sites excluding steroid dienone is 3. The number of aliphatic imine (C=N–C) groups is 1. The second kappa shape index (κ2) is 3.10. The lowest BCUT2D eigenvalue weighted by Gasteiger charge is -2.28. The van der Waals surface area contributed by atoms with Gasteiger partial charge in [-0.3, -0.25) is 4.90 Å². The highest BCUT2D eigenvalue weighted by Crippen LogP contribution is 2.27. The molecule has 2 rings (SSSR count). The van der Waals surface area contributed by atoms with E-state index in [1.54, 1.807) is 17.9 Å². The highest BCUT2D eigenvalue weighted by atomic mass is 35.5. The first-order valence-electron chi connectivity index (χ1n) is 4.08. The van der Waals surface area contributed by atoms with E-state index in [0.29, 0.717) is 16.7 Å². The second-order valence-electron chi connectivity index (χ2n) is 3.11. The van der Waals surface area contributed by atoms with Crippen LogP contribution in [0.1, 0.15) is 6.92 Å². The van der Waals surface area contributed by atoms with E-state index in [0.717, 1.165) is 5.57 Å². The van der Waals surface area contributed by atoms with Gasteiger partial charge in [0, 0.05) is 11.9 Å². The monoisotopic (exact) mass is 210 g/mol. The molecule has 4 heteroatoms. The Hall–Kier alpha value is -1.35. The maximum absolute atomic E-state index is 13.1. The SMILES string of the molecule is C=C1C=C(Cl)N=C2C(C)=CC(F)=CN12. The smallest absolute Gasteiger partial charge is 0.141 e. The molecule has 0 saturated heterocycles. The first kappa shape index (κ1) is 9.21. The Kier molecular flexibility index (Phi) is 2.04. The van der Waals surface area contributed by atoms with Crippen molar-refractivity contribution >= 4 is 17.4 Å². The Morgan fingerprint density at radius 1 is 1.50 bits per heavy atom. The molecule has 2 nitrogen and oxygen atoms in total. The molecule has 0 aromatic carbocycles. The van der Waals surface area contributed by atoms with Gasteiger partial charge in [0.1, 0.15) is 16.8 Å². The summed E-state index contributed by atoms with van der Waals surface area (Å²) in [6, 6.07) is 0. The van der Waals surface area contributed by atoms with Crippen molar-refractivity contribution in [3.63, 3.8) is 0 Å². The van der Waals surface area contributed by atoms with Crippen molar-refractivity contribution < 1.29 is 4.39 Å². The first-order valence-corrected chi connectivity index (χ1v) is 4.46. The van der Waals surface area contributed by atoms with E-state index in [1.165, 1.54) is 12.3 Å². The Balaban J connectivity index is 2.52. The topological polar surface area (TPSA) is 15.6 Å². The molecule has 0 aromatic rings. The molecule has 2 heterocycles. The van der Waals surface area contributed by atoms with Gasteiger partial charge in [0.2, 0.25) is 0 Å². The Bertz CT molecular complexity index is 429. The Morgan fingerprint density at radius 2 is 2.21 bits per heavy atom. The zero-order chi connectivity index (χ0) is 10.3. The number of hydrogen-bond donors (Lipinski definition) is 0. The van der Waals surface area contributed by atoms with Crippen molar-refractivity contribution in [2.75, 3.05) is 0 Å². The number of nitrogens with zero attached hydrogens (tertiary/aromatic N) is 2. The van der Waals surface area contributed by atoms with Crippen LogP contribution in [0.5, 0.6) is 0 Å². The third kappa shape index (κ3) is 1.40. The normalized spacial score (nSPS) is 20.8. The molecule has 2 aliphatic heterocycles. The van der Waals surface area contributed by atoms with Crippen molar-refractivity contribution in [3.8, 4) is 0 Å². The van der Waals surface area contributed by atoms with Gasteiger partial charge in [-0.2, -0.15) is 0 Å². The highest BCUT2D eigenvalue weighted by Gasteiger charge is 2.22. The molecule has 0 amide bonds. The van der Waals surface area contributed by atoms with E-state index in [1.807, 2.05) is 0 Å². The average Bonchev–Trinajstić information content (AvgIpc) is 2.07. The summed E-state index contributed by atoms with van der Waals surface area (Å²) in [7, 11) is 0. The van der Waals surface area contributed by atoms with Crippen LogP contribution >= 0.6 is 11.6 Å². The van der Waals surface area contributed by atoms with Crippen molar-refractivity contribution in [2.45, 2.75) is 6.92 Å². The van der Waals surface area contributed by atoms with Crippen molar-refractivity contribution in [1.82, 2.24) is 4.90 Å². The lowest BCUT2D eigenvalue weighted by Crippen LogP contribution is -2.29. The molecule has 0 saturated carbocycles. The second-order valence-corrected chi connectivity index (χ2v) is 3.49. The number of halogens is 2. The zero-order valence-corrected chi connectivity index (χ0v) is 8.35. The third-order valence-corrected chi connectivity index (χ3v) is 2.19. The molecule has 0 radical (unpaired) electrons. The molecule has 0 atom stereocenters. The van der Waals surface area contributed by atoms with Gasteiger partial charge in [0.15, 0.2) is 0 Å². The first-order chi connectivity index (χ1) is 6.58. The average molecular weight is 211 g/mol. The molecule has 0 aromatic heterocycles. The Labute approximate surface area is 86.4 Å². The van der Waals surface area contributed by atoms with Crippen LogP contribution in [-0.4, -0.2) is 10.7 Å². The number of hydrogen-bond acceptors (Lipinski definition) is 2. The minimum atomic E-state index is -0.311. The molecular formula is C10H8ClFN2. The molecule has 0 bridgehead atoms. The van der Waals surface area contributed by atoms with E-state index in [2.05, 4.69) is 11.6 Å². The lowest BCUT2D eigenvalue weighted by atomic mass is 10.1. The van der Waals surface area contributed by atoms with Gasteiger partial charge >= 0.3 is 0 Å². The fourth-order valence-corrected chi connectivity index (χ4v) is 1.59. The zero-order valence-electron chi connectivity index (χ0n) is 7.59. The molecule has 72 valence electrons. The van der Waals surface area contributed by atoms with Crippen LogP contribution in [0.15, 0.2) is 52.2 Å². The van der Waals surface area contributed by atoms with Crippen molar-refractivity contribution in [1.29, 1.82) is 0 Å². The van der Waals surface area contributed by atoms with Gasteiger partial charge in [0.05, 0.1) is 0 Å². The van der Waals surface area contributed by atoms with Crippen molar-refractivity contribution in [3.05, 3.63) is 47.2 Å². The summed E-state index contributed by atoms with van der Waals surface area (Å²) in [5.74, 6) is 0.318. The van der Waals surface area contributed by atoms with Crippen LogP contribution in [-0.2, 0) is 0 Å². The minimum Gasteiger partial charge on any atom is -0.299 e. The molecule has 0 aliphatic carbocycles. The van der Waals surface area contributed by atoms with Crippen LogP contribution in [0.4, 0.5) is 4.39 Å². The maximum Gasteiger partial charge on any atom is 0.141 e. The van der Waals surface area contributed by atoms with Gasteiger partial charge in [-0.05, 0) is 24.6 Å². The van der Waals surface area contributed by atoms with Gasteiger partial charge in [-0.25, -0.2) is 9.38 Å². The molecule has 2 aliphatic rings. The highest BCUT2D eigenvalue weighted by molar-refractivity contribution is 6.31. The van der Waals surface area contributed by atoms with Gasteiger partial charge in [-0.15, -0.1) is 0 Å². The largest absolute Gasteiger partial charge is 0.299 e. The van der Waals surface area contributed by atoms with E-state index >= 15 is 0 Å². The standard InChI is InChI=1S/C10H8ClFN2/c1-6-3-8(12)5-14-7(2)4-9(11)13-10(6)14/h3-5H,2H2,1H3. The quantitative estimate of drug-likeness (QED) is 0.561. The third-order valence-electron chi connectivity index (χ3n) is 2.00.